The molecule has 0 radical (unpaired) electrons. The lowest BCUT2D eigenvalue weighted by atomic mass is 9.84. The molecule has 152 valence electrons. The number of ether oxygens (including phenoxy) is 2. The van der Waals surface area contributed by atoms with E-state index in [4.69, 9.17) is 21.1 Å². The molecule has 1 aromatic rings. The van der Waals surface area contributed by atoms with Crippen molar-refractivity contribution in [1.82, 2.24) is 0 Å². The summed E-state index contributed by atoms with van der Waals surface area (Å²) < 4.78 is 11.0. The fourth-order valence-electron chi connectivity index (χ4n) is 2.61. The van der Waals surface area contributed by atoms with Crippen molar-refractivity contribution in [1.29, 1.82) is 0 Å². The zero-order chi connectivity index (χ0) is 20.8. The van der Waals surface area contributed by atoms with Crippen LogP contribution in [0.4, 0.5) is 0 Å². The highest BCUT2D eigenvalue weighted by molar-refractivity contribution is 6.76. The highest BCUT2D eigenvalue weighted by Crippen LogP contribution is 2.31. The van der Waals surface area contributed by atoms with Gasteiger partial charge in [0.25, 0.3) is 0 Å². The lowest BCUT2D eigenvalue weighted by Crippen LogP contribution is -2.29. The number of hydrogen-bond donors (Lipinski definition) is 0. The molecule has 0 spiro atoms. The molecule has 0 aromatic heterocycles. The van der Waals surface area contributed by atoms with Crippen LogP contribution >= 0.6 is 11.6 Å². The largest absolute Gasteiger partial charge is 0.466 e. The molecule has 6 heteroatoms. The lowest BCUT2D eigenvalue weighted by molar-refractivity contribution is -0.156. The second-order valence-electron chi connectivity index (χ2n) is 9.22. The van der Waals surface area contributed by atoms with Gasteiger partial charge in [0.2, 0.25) is 0 Å². The van der Waals surface area contributed by atoms with E-state index in [1.54, 1.807) is 19.1 Å². The maximum absolute atomic E-state index is 12.6. The minimum atomic E-state index is -1.28. The monoisotopic (exact) mass is 412 g/mol. The number of esters is 2. The minimum absolute atomic E-state index is 0.114. The average Bonchev–Trinajstić information content (AvgIpc) is 2.50. The summed E-state index contributed by atoms with van der Waals surface area (Å²) in [5.74, 6) is -1.39. The van der Waals surface area contributed by atoms with Gasteiger partial charge in [0.15, 0.2) is 0 Å². The SMILES string of the molecule is C[C@H](C(=O)OCC[Si](C)(C)C)[C@H](CC(=O)OC(C)(C)C)c1ccc(Cl)cc1. The molecule has 0 amide bonds. The molecule has 4 nitrogen and oxygen atoms in total. The Labute approximate surface area is 169 Å². The molecule has 1 aromatic carbocycles. The van der Waals surface area contributed by atoms with Gasteiger partial charge >= 0.3 is 11.9 Å². The van der Waals surface area contributed by atoms with Crippen LogP contribution in [0.2, 0.25) is 30.7 Å². The second-order valence-corrected chi connectivity index (χ2v) is 15.3. The first-order chi connectivity index (χ1) is 12.3. The van der Waals surface area contributed by atoms with E-state index in [1.807, 2.05) is 32.9 Å². The third-order valence-corrected chi connectivity index (χ3v) is 6.13. The average molecular weight is 413 g/mol. The van der Waals surface area contributed by atoms with E-state index >= 15 is 0 Å². The van der Waals surface area contributed by atoms with Gasteiger partial charge in [-0.3, -0.25) is 9.59 Å². The van der Waals surface area contributed by atoms with Crippen LogP contribution in [0.25, 0.3) is 0 Å². The first-order valence-corrected chi connectivity index (χ1v) is 13.5. The van der Waals surface area contributed by atoms with Crippen LogP contribution in [-0.2, 0) is 19.1 Å². The van der Waals surface area contributed by atoms with Crippen molar-refractivity contribution in [2.75, 3.05) is 6.61 Å². The normalized spacial score (nSPS) is 14.4. The molecular weight excluding hydrogens is 380 g/mol. The quantitative estimate of drug-likeness (QED) is 0.407. The number of rotatable bonds is 8. The number of benzene rings is 1. The van der Waals surface area contributed by atoms with Crippen molar-refractivity contribution >= 4 is 31.6 Å². The maximum Gasteiger partial charge on any atom is 0.309 e. The van der Waals surface area contributed by atoms with Gasteiger partial charge < -0.3 is 9.47 Å². The number of halogens is 1. The van der Waals surface area contributed by atoms with Crippen LogP contribution in [-0.4, -0.2) is 32.2 Å². The molecule has 0 unspecified atom stereocenters. The zero-order valence-electron chi connectivity index (χ0n) is 17.6. The summed E-state index contributed by atoms with van der Waals surface area (Å²) in [6.45, 7) is 14.4. The Balaban J connectivity index is 2.90. The summed E-state index contributed by atoms with van der Waals surface area (Å²) in [5.41, 5.74) is 0.308. The molecule has 1 rings (SSSR count). The summed E-state index contributed by atoms with van der Waals surface area (Å²) in [6.07, 6.45) is 0.114. The van der Waals surface area contributed by atoms with Gasteiger partial charge in [-0.15, -0.1) is 0 Å². The highest BCUT2D eigenvalue weighted by atomic mass is 35.5. The van der Waals surface area contributed by atoms with E-state index in [2.05, 4.69) is 19.6 Å². The molecule has 0 fully saturated rings. The first kappa shape index (κ1) is 23.7. The Morgan fingerprint density at radius 3 is 2.15 bits per heavy atom. The fourth-order valence-corrected chi connectivity index (χ4v) is 3.45. The summed E-state index contributed by atoms with van der Waals surface area (Å²) in [7, 11) is -1.28. The molecule has 0 saturated carbocycles. The maximum atomic E-state index is 12.6. The topological polar surface area (TPSA) is 52.6 Å². The zero-order valence-corrected chi connectivity index (χ0v) is 19.4. The molecular formula is C21H33ClO4Si. The smallest absolute Gasteiger partial charge is 0.309 e. The molecule has 0 N–H and O–H groups in total. The fraction of sp³-hybridized carbons (Fsp3) is 0.619. The number of carbonyl (C=O) groups is 2. The number of carbonyl (C=O) groups excluding carboxylic acids is 2. The van der Waals surface area contributed by atoms with Crippen molar-refractivity contribution in [2.24, 2.45) is 5.92 Å². The van der Waals surface area contributed by atoms with Gasteiger partial charge in [-0.05, 0) is 44.5 Å². The Morgan fingerprint density at radius 2 is 1.67 bits per heavy atom. The van der Waals surface area contributed by atoms with Crippen molar-refractivity contribution in [2.45, 2.75) is 71.3 Å². The van der Waals surface area contributed by atoms with Crippen LogP contribution < -0.4 is 0 Å². The third kappa shape index (κ3) is 9.43. The Hall–Kier alpha value is -1.33. The standard InChI is InChI=1S/C21H33ClO4Si/c1-15(20(24)25-12-13-27(5,6)7)18(14-19(23)26-21(2,3)4)16-8-10-17(22)11-9-16/h8-11,15,18H,12-14H2,1-7H3/t15-,18-/m0/s1. The summed E-state index contributed by atoms with van der Waals surface area (Å²) in [6, 6.07) is 8.15. The van der Waals surface area contributed by atoms with Crippen molar-refractivity contribution < 1.29 is 19.1 Å². The molecule has 0 aliphatic rings. The van der Waals surface area contributed by atoms with E-state index < -0.39 is 19.6 Å². The molecule has 0 aliphatic carbocycles. The van der Waals surface area contributed by atoms with E-state index in [-0.39, 0.29) is 24.3 Å². The van der Waals surface area contributed by atoms with E-state index in [9.17, 15) is 9.59 Å². The van der Waals surface area contributed by atoms with Crippen LogP contribution in [0, 0.1) is 5.92 Å². The van der Waals surface area contributed by atoms with Gasteiger partial charge in [0.1, 0.15) is 5.60 Å². The van der Waals surface area contributed by atoms with Crippen LogP contribution in [0.3, 0.4) is 0 Å². The van der Waals surface area contributed by atoms with Gasteiger partial charge in [-0.1, -0.05) is 50.3 Å². The Morgan fingerprint density at radius 1 is 1.11 bits per heavy atom. The Bertz CT molecular complexity index is 629. The summed E-state index contributed by atoms with van der Waals surface area (Å²) in [4.78, 5) is 25.0. The van der Waals surface area contributed by atoms with Crippen LogP contribution in [0.5, 0.6) is 0 Å². The van der Waals surface area contributed by atoms with Gasteiger partial charge in [0, 0.05) is 19.0 Å². The molecule has 0 saturated heterocycles. The predicted octanol–water partition coefficient (Wildman–Crippen LogP) is 5.67. The van der Waals surface area contributed by atoms with Crippen molar-refractivity contribution in [3.8, 4) is 0 Å². The van der Waals surface area contributed by atoms with Crippen molar-refractivity contribution in [3.05, 3.63) is 34.9 Å². The molecule has 0 heterocycles. The second kappa shape index (κ2) is 9.74. The van der Waals surface area contributed by atoms with E-state index in [0.717, 1.165) is 11.6 Å². The van der Waals surface area contributed by atoms with Crippen LogP contribution in [0.15, 0.2) is 24.3 Å². The molecule has 27 heavy (non-hydrogen) atoms. The minimum Gasteiger partial charge on any atom is -0.466 e. The number of hydrogen-bond acceptors (Lipinski definition) is 4. The third-order valence-electron chi connectivity index (χ3n) is 4.18. The molecule has 0 aliphatic heterocycles. The molecule has 0 bridgehead atoms. The van der Waals surface area contributed by atoms with Gasteiger partial charge in [-0.2, -0.15) is 0 Å². The van der Waals surface area contributed by atoms with E-state index in [0.29, 0.717) is 11.6 Å². The lowest BCUT2D eigenvalue weighted by Gasteiger charge is -2.26. The van der Waals surface area contributed by atoms with E-state index in [1.165, 1.54) is 0 Å². The molecule has 2 atom stereocenters. The first-order valence-electron chi connectivity index (χ1n) is 9.42. The Kier molecular flexibility index (Phi) is 8.55. The summed E-state index contributed by atoms with van der Waals surface area (Å²) in [5, 5.41) is 0.611. The van der Waals surface area contributed by atoms with Crippen molar-refractivity contribution in [3.63, 3.8) is 0 Å². The predicted molar refractivity (Wildman–Crippen MR) is 113 cm³/mol. The van der Waals surface area contributed by atoms with Crippen LogP contribution in [0.1, 0.15) is 45.6 Å². The highest BCUT2D eigenvalue weighted by Gasteiger charge is 2.31. The van der Waals surface area contributed by atoms with Gasteiger partial charge in [-0.25, -0.2) is 0 Å². The van der Waals surface area contributed by atoms with Gasteiger partial charge in [0.05, 0.1) is 18.9 Å². The summed E-state index contributed by atoms with van der Waals surface area (Å²) >= 11 is 5.98.